The molecule has 3 rings (SSSR count). The predicted octanol–water partition coefficient (Wildman–Crippen LogP) is 5.96. The predicted molar refractivity (Wildman–Crippen MR) is 125 cm³/mol. The molecule has 6 nitrogen and oxygen atoms in total. The highest BCUT2D eigenvalue weighted by atomic mass is 16.6. The molecule has 6 heteroatoms. The molecule has 1 heterocycles. The van der Waals surface area contributed by atoms with Gasteiger partial charge in [-0.3, -0.25) is 4.79 Å². The van der Waals surface area contributed by atoms with E-state index in [9.17, 15) is 4.79 Å². The van der Waals surface area contributed by atoms with Crippen molar-refractivity contribution in [3.63, 3.8) is 0 Å². The number of oxime groups is 1. The molecule has 32 heavy (non-hydrogen) atoms. The van der Waals surface area contributed by atoms with Gasteiger partial charge in [0.1, 0.15) is 12.4 Å². The van der Waals surface area contributed by atoms with Gasteiger partial charge in [-0.1, -0.05) is 53.2 Å². The average molecular weight is 435 g/mol. The van der Waals surface area contributed by atoms with Crippen LogP contribution in [-0.4, -0.2) is 28.4 Å². The number of aryl methyl sites for hydroxylation is 3. The van der Waals surface area contributed by atoms with Crippen molar-refractivity contribution in [3.05, 3.63) is 77.2 Å². The van der Waals surface area contributed by atoms with Crippen molar-refractivity contribution in [3.8, 4) is 11.5 Å². The molecule has 0 aliphatic heterocycles. The molecule has 1 N–H and O–H groups in total. The smallest absolute Gasteiger partial charge is 0.303 e. The Hall–Kier alpha value is -3.41. The van der Waals surface area contributed by atoms with Gasteiger partial charge in [0.05, 0.1) is 17.8 Å². The van der Waals surface area contributed by atoms with E-state index in [4.69, 9.17) is 14.4 Å². The molecular formula is C26H30N2O4. The first-order valence-electron chi connectivity index (χ1n) is 11.0. The van der Waals surface area contributed by atoms with Crippen molar-refractivity contribution in [2.45, 2.75) is 52.4 Å². The van der Waals surface area contributed by atoms with Gasteiger partial charge in [-0.15, -0.1) is 0 Å². The maximum atomic E-state index is 10.9. The summed E-state index contributed by atoms with van der Waals surface area (Å²) < 4.78 is 5.85. The van der Waals surface area contributed by atoms with E-state index in [1.807, 2.05) is 49.4 Å². The third-order valence-electron chi connectivity index (χ3n) is 5.20. The minimum Gasteiger partial charge on any atom is -0.481 e. The first-order valence-corrected chi connectivity index (χ1v) is 11.0. The average Bonchev–Trinajstić information content (AvgIpc) is 3.16. The monoisotopic (exact) mass is 434 g/mol. The molecule has 0 saturated heterocycles. The molecule has 0 amide bonds. The molecule has 0 aliphatic rings. The van der Waals surface area contributed by atoms with E-state index in [-0.39, 0.29) is 6.42 Å². The second-order valence-electron chi connectivity index (χ2n) is 7.83. The Kier molecular flexibility index (Phi) is 8.61. The van der Waals surface area contributed by atoms with E-state index in [1.54, 1.807) is 0 Å². The van der Waals surface area contributed by atoms with Gasteiger partial charge < -0.3 is 14.4 Å². The zero-order chi connectivity index (χ0) is 22.8. The van der Waals surface area contributed by atoms with Crippen LogP contribution in [0.2, 0.25) is 0 Å². The van der Waals surface area contributed by atoms with Crippen LogP contribution in [-0.2, 0) is 16.1 Å². The molecule has 0 bridgehead atoms. The van der Waals surface area contributed by atoms with Crippen LogP contribution < -0.4 is 0 Å². The van der Waals surface area contributed by atoms with Gasteiger partial charge >= 0.3 is 5.97 Å². The van der Waals surface area contributed by atoms with E-state index in [0.29, 0.717) is 24.6 Å². The van der Waals surface area contributed by atoms with Gasteiger partial charge in [0.2, 0.25) is 5.89 Å². The fourth-order valence-corrected chi connectivity index (χ4v) is 3.34. The number of benzene rings is 2. The Morgan fingerprint density at radius 1 is 1.00 bits per heavy atom. The Morgan fingerprint density at radius 3 is 2.47 bits per heavy atom. The minimum absolute atomic E-state index is 0.0265. The molecule has 0 aliphatic carbocycles. The molecule has 3 aromatic rings. The van der Waals surface area contributed by atoms with Gasteiger partial charge in [0.15, 0.2) is 0 Å². The maximum Gasteiger partial charge on any atom is 0.303 e. The molecule has 168 valence electrons. The number of carbonyl (C=O) groups is 1. The zero-order valence-electron chi connectivity index (χ0n) is 18.7. The second kappa shape index (κ2) is 11.8. The summed E-state index contributed by atoms with van der Waals surface area (Å²) >= 11 is 0. The molecule has 0 unspecified atom stereocenters. The lowest BCUT2D eigenvalue weighted by Gasteiger charge is -2.06. The Balaban J connectivity index is 1.43. The van der Waals surface area contributed by atoms with Crippen LogP contribution in [0.4, 0.5) is 0 Å². The van der Waals surface area contributed by atoms with Crippen molar-refractivity contribution < 1.29 is 19.2 Å². The summed E-state index contributed by atoms with van der Waals surface area (Å²) in [6, 6.07) is 17.7. The van der Waals surface area contributed by atoms with Crippen molar-refractivity contribution in [2.24, 2.45) is 5.16 Å². The summed E-state index contributed by atoms with van der Waals surface area (Å²) in [6.45, 7) is 4.51. The first-order chi connectivity index (χ1) is 15.5. The Bertz CT molecular complexity index is 1020. The van der Waals surface area contributed by atoms with Crippen LogP contribution in [0.15, 0.2) is 64.2 Å². The fourth-order valence-electron chi connectivity index (χ4n) is 3.34. The van der Waals surface area contributed by atoms with Crippen molar-refractivity contribution in [1.29, 1.82) is 0 Å². The molecule has 0 radical (unpaired) electrons. The molecular weight excluding hydrogens is 404 g/mol. The number of carboxylic acids is 1. The van der Waals surface area contributed by atoms with E-state index in [0.717, 1.165) is 48.3 Å². The highest BCUT2D eigenvalue weighted by molar-refractivity contribution is 6.01. The van der Waals surface area contributed by atoms with Crippen LogP contribution in [0.25, 0.3) is 11.5 Å². The largest absolute Gasteiger partial charge is 0.481 e. The fraction of sp³-hybridized carbons (Fsp3) is 0.346. The van der Waals surface area contributed by atoms with E-state index >= 15 is 0 Å². The van der Waals surface area contributed by atoms with Crippen LogP contribution in [0.1, 0.15) is 54.7 Å². The van der Waals surface area contributed by atoms with Crippen molar-refractivity contribution >= 4 is 11.7 Å². The highest BCUT2D eigenvalue weighted by Crippen LogP contribution is 2.23. The number of nitrogens with zero attached hydrogens (tertiary/aromatic N) is 2. The van der Waals surface area contributed by atoms with Crippen LogP contribution in [0, 0.1) is 13.8 Å². The van der Waals surface area contributed by atoms with Gasteiger partial charge in [-0.25, -0.2) is 4.98 Å². The number of unbranched alkanes of at least 4 members (excludes halogenated alkanes) is 2. The van der Waals surface area contributed by atoms with E-state index in [1.165, 1.54) is 5.56 Å². The lowest BCUT2D eigenvalue weighted by molar-refractivity contribution is -0.136. The molecule has 2 aromatic carbocycles. The van der Waals surface area contributed by atoms with Crippen LogP contribution >= 0.6 is 0 Å². The summed E-state index contributed by atoms with van der Waals surface area (Å²) in [5.74, 6) is 0.694. The van der Waals surface area contributed by atoms with Crippen molar-refractivity contribution in [2.75, 3.05) is 6.61 Å². The standard InChI is InChI=1S/C26H30N2O4/c1-19-12-14-22(15-13-19)26-27-23(20(2)32-26)11-7-4-8-18-31-28-24(16-17-25(29)30)21-9-5-3-6-10-21/h3,5-6,9-10,12-15H,4,7-8,11,16-18H2,1-2H3,(H,29,30)/b28-24+. The molecule has 0 spiro atoms. The summed E-state index contributed by atoms with van der Waals surface area (Å²) in [5, 5.41) is 13.2. The number of hydrogen-bond donors (Lipinski definition) is 1. The van der Waals surface area contributed by atoms with Crippen molar-refractivity contribution in [1.82, 2.24) is 4.98 Å². The Morgan fingerprint density at radius 2 is 1.75 bits per heavy atom. The summed E-state index contributed by atoms with van der Waals surface area (Å²) in [4.78, 5) is 21.1. The van der Waals surface area contributed by atoms with E-state index in [2.05, 4.69) is 29.2 Å². The number of oxazole rings is 1. The number of hydrogen-bond acceptors (Lipinski definition) is 5. The summed E-state index contributed by atoms with van der Waals surface area (Å²) in [6.07, 6.45) is 4.06. The normalized spacial score (nSPS) is 11.5. The van der Waals surface area contributed by atoms with Crippen LogP contribution in [0.5, 0.6) is 0 Å². The van der Waals surface area contributed by atoms with E-state index < -0.39 is 5.97 Å². The SMILES string of the molecule is Cc1ccc(-c2nc(CCCCCO/N=C(\CCC(=O)O)c3ccccc3)c(C)o2)cc1. The van der Waals surface area contributed by atoms with Gasteiger partial charge in [-0.2, -0.15) is 0 Å². The van der Waals surface area contributed by atoms with Crippen LogP contribution in [0.3, 0.4) is 0 Å². The van der Waals surface area contributed by atoms with Gasteiger partial charge in [0.25, 0.3) is 0 Å². The lowest BCUT2D eigenvalue weighted by atomic mass is 10.1. The topological polar surface area (TPSA) is 84.9 Å². The first kappa shape index (κ1) is 23.3. The Labute approximate surface area is 188 Å². The lowest BCUT2D eigenvalue weighted by Crippen LogP contribution is -2.06. The molecule has 0 atom stereocenters. The third-order valence-corrected chi connectivity index (χ3v) is 5.20. The zero-order valence-corrected chi connectivity index (χ0v) is 18.7. The van der Waals surface area contributed by atoms with Gasteiger partial charge in [0, 0.05) is 12.0 Å². The number of aromatic nitrogens is 1. The maximum absolute atomic E-state index is 10.9. The molecule has 0 saturated carbocycles. The quantitative estimate of drug-likeness (QED) is 0.216. The summed E-state index contributed by atoms with van der Waals surface area (Å²) in [5.41, 5.74) is 4.75. The summed E-state index contributed by atoms with van der Waals surface area (Å²) in [7, 11) is 0. The minimum atomic E-state index is -0.845. The number of carboxylic acid groups (broad SMARTS) is 1. The highest BCUT2D eigenvalue weighted by Gasteiger charge is 2.11. The molecule has 0 fully saturated rings. The third kappa shape index (κ3) is 7.08. The second-order valence-corrected chi connectivity index (χ2v) is 7.83. The number of aliphatic carboxylic acids is 1. The van der Waals surface area contributed by atoms with Gasteiger partial charge in [-0.05, 0) is 57.2 Å². The number of rotatable bonds is 12. The molecule has 1 aromatic heterocycles.